The fourth-order valence-corrected chi connectivity index (χ4v) is 3.83. The normalized spacial score (nSPS) is 14.9. The topological polar surface area (TPSA) is 97.2 Å². The third-order valence-electron chi connectivity index (χ3n) is 5.24. The van der Waals surface area contributed by atoms with Crippen molar-refractivity contribution in [1.82, 2.24) is 30.0 Å². The summed E-state index contributed by atoms with van der Waals surface area (Å²) in [7, 11) is 3.80. The summed E-state index contributed by atoms with van der Waals surface area (Å²) in [5.74, 6) is 1.18. The number of anilines is 2. The molecule has 0 radical (unpaired) electrons. The van der Waals surface area contributed by atoms with Gasteiger partial charge in [-0.05, 0) is 43.7 Å². The number of ether oxygens (including phenoxy) is 1. The van der Waals surface area contributed by atoms with Crippen molar-refractivity contribution in [1.29, 1.82) is 0 Å². The zero-order chi connectivity index (χ0) is 21.3. The summed E-state index contributed by atoms with van der Waals surface area (Å²) in [6, 6.07) is 4.16. The molecule has 30 heavy (non-hydrogen) atoms. The molecule has 0 saturated carbocycles. The highest BCUT2D eigenvalue weighted by Gasteiger charge is 2.18. The van der Waals surface area contributed by atoms with Gasteiger partial charge in [-0.25, -0.2) is 9.67 Å². The Morgan fingerprint density at radius 2 is 2.13 bits per heavy atom. The molecule has 1 aromatic carbocycles. The smallest absolute Gasteiger partial charge is 0.229 e. The Morgan fingerprint density at radius 1 is 1.30 bits per heavy atom. The van der Waals surface area contributed by atoms with E-state index in [1.165, 1.54) is 18.1 Å². The molecule has 9 heteroatoms. The van der Waals surface area contributed by atoms with Crippen LogP contribution in [-0.2, 0) is 24.3 Å². The van der Waals surface area contributed by atoms with Crippen LogP contribution in [-0.4, -0.2) is 57.3 Å². The second-order valence-electron chi connectivity index (χ2n) is 7.83. The van der Waals surface area contributed by atoms with Gasteiger partial charge in [0.25, 0.3) is 0 Å². The maximum Gasteiger partial charge on any atom is 0.229 e. The monoisotopic (exact) mass is 409 g/mol. The zero-order valence-corrected chi connectivity index (χ0v) is 17.8. The molecule has 4 rings (SSSR count). The predicted octanol–water partition coefficient (Wildman–Crippen LogP) is 2.09. The molecule has 0 spiro atoms. The predicted molar refractivity (Wildman–Crippen MR) is 115 cm³/mol. The van der Waals surface area contributed by atoms with Crippen molar-refractivity contribution < 1.29 is 9.53 Å². The average Bonchev–Trinajstić information content (AvgIpc) is 3.08. The van der Waals surface area contributed by atoms with Crippen molar-refractivity contribution in [3.8, 4) is 5.75 Å². The third kappa shape index (κ3) is 4.20. The number of benzene rings is 1. The van der Waals surface area contributed by atoms with Gasteiger partial charge in [-0.1, -0.05) is 0 Å². The summed E-state index contributed by atoms with van der Waals surface area (Å²) in [6.07, 6.45) is 4.49. The summed E-state index contributed by atoms with van der Waals surface area (Å²) < 4.78 is 7.39. The Kier molecular flexibility index (Phi) is 5.54. The number of rotatable bonds is 6. The summed E-state index contributed by atoms with van der Waals surface area (Å²) in [6.45, 7) is 5.91. The molecule has 0 aliphatic carbocycles. The summed E-state index contributed by atoms with van der Waals surface area (Å²) in [5, 5.41) is 11.4. The number of methoxy groups -OCH3 is 1. The molecule has 0 saturated heterocycles. The van der Waals surface area contributed by atoms with E-state index in [9.17, 15) is 4.79 Å². The molecule has 1 aliphatic heterocycles. The summed E-state index contributed by atoms with van der Waals surface area (Å²) in [5.41, 5.74) is 4.14. The Hall–Kier alpha value is -3.20. The minimum Gasteiger partial charge on any atom is -0.495 e. The second kappa shape index (κ2) is 8.27. The number of amides is 1. The van der Waals surface area contributed by atoms with Crippen LogP contribution in [0, 0.1) is 0 Å². The van der Waals surface area contributed by atoms with E-state index in [1.807, 2.05) is 6.92 Å². The molecule has 3 aromatic rings. The SMILES string of the molecule is COc1cc2c(cc1Nc1ncc3cnn(CC(C)NC(C)=O)c3n1)CN(C)CC2. The highest BCUT2D eigenvalue weighted by atomic mass is 16.5. The Bertz CT molecular complexity index is 1080. The van der Waals surface area contributed by atoms with Crippen LogP contribution < -0.4 is 15.4 Å². The van der Waals surface area contributed by atoms with Crippen LogP contribution in [0.4, 0.5) is 11.6 Å². The van der Waals surface area contributed by atoms with Gasteiger partial charge >= 0.3 is 0 Å². The van der Waals surface area contributed by atoms with E-state index >= 15 is 0 Å². The first-order chi connectivity index (χ1) is 14.4. The molecule has 158 valence electrons. The van der Waals surface area contributed by atoms with E-state index in [4.69, 9.17) is 4.74 Å². The highest BCUT2D eigenvalue weighted by Crippen LogP contribution is 2.33. The molecule has 1 aliphatic rings. The Balaban J connectivity index is 1.62. The van der Waals surface area contributed by atoms with Crippen molar-refractivity contribution in [2.75, 3.05) is 26.0 Å². The first-order valence-electron chi connectivity index (χ1n) is 10.0. The van der Waals surface area contributed by atoms with Gasteiger partial charge < -0.3 is 20.3 Å². The lowest BCUT2D eigenvalue weighted by Gasteiger charge is -2.26. The number of hydrogen-bond donors (Lipinski definition) is 2. The Labute approximate surface area is 175 Å². The number of carbonyl (C=O) groups is 1. The van der Waals surface area contributed by atoms with Gasteiger partial charge in [-0.2, -0.15) is 10.1 Å². The molecule has 1 atom stereocenters. The van der Waals surface area contributed by atoms with Crippen molar-refractivity contribution >= 4 is 28.6 Å². The average molecular weight is 409 g/mol. The Morgan fingerprint density at radius 3 is 2.90 bits per heavy atom. The van der Waals surface area contributed by atoms with Crippen LogP contribution in [0.2, 0.25) is 0 Å². The largest absolute Gasteiger partial charge is 0.495 e. The molecule has 2 aromatic heterocycles. The molecule has 3 heterocycles. The maximum atomic E-state index is 11.3. The van der Waals surface area contributed by atoms with Crippen molar-refractivity contribution in [2.45, 2.75) is 39.4 Å². The highest BCUT2D eigenvalue weighted by molar-refractivity contribution is 5.76. The molecule has 2 N–H and O–H groups in total. The van der Waals surface area contributed by atoms with E-state index in [0.717, 1.165) is 36.3 Å². The van der Waals surface area contributed by atoms with Gasteiger partial charge in [0.05, 0.1) is 30.9 Å². The minimum absolute atomic E-state index is 0.0605. The number of likely N-dealkylation sites (N-methyl/N-ethyl adjacent to an activating group) is 1. The lowest BCUT2D eigenvalue weighted by molar-refractivity contribution is -0.119. The molecule has 1 amide bonds. The molecular formula is C21H27N7O2. The van der Waals surface area contributed by atoms with E-state index < -0.39 is 0 Å². The van der Waals surface area contributed by atoms with E-state index in [-0.39, 0.29) is 11.9 Å². The van der Waals surface area contributed by atoms with Gasteiger partial charge in [0.2, 0.25) is 11.9 Å². The van der Waals surface area contributed by atoms with Gasteiger partial charge in [0.1, 0.15) is 5.75 Å². The third-order valence-corrected chi connectivity index (χ3v) is 5.24. The quantitative estimate of drug-likeness (QED) is 0.643. The summed E-state index contributed by atoms with van der Waals surface area (Å²) in [4.78, 5) is 22.7. The maximum absolute atomic E-state index is 11.3. The fraction of sp³-hybridized carbons (Fsp3) is 0.429. The number of carbonyl (C=O) groups excluding carboxylic acids is 1. The molecular weight excluding hydrogens is 382 g/mol. The van der Waals surface area contributed by atoms with Gasteiger partial charge in [-0.3, -0.25) is 4.79 Å². The van der Waals surface area contributed by atoms with E-state index in [0.29, 0.717) is 18.1 Å². The fourth-order valence-electron chi connectivity index (χ4n) is 3.83. The van der Waals surface area contributed by atoms with Crippen LogP contribution in [0.5, 0.6) is 5.75 Å². The zero-order valence-electron chi connectivity index (χ0n) is 17.8. The van der Waals surface area contributed by atoms with E-state index in [2.05, 4.69) is 49.8 Å². The number of fused-ring (bicyclic) bond motifs is 2. The van der Waals surface area contributed by atoms with Crippen LogP contribution in [0.3, 0.4) is 0 Å². The van der Waals surface area contributed by atoms with Gasteiger partial charge in [0.15, 0.2) is 5.65 Å². The van der Waals surface area contributed by atoms with Crippen molar-refractivity contribution in [2.24, 2.45) is 0 Å². The van der Waals surface area contributed by atoms with Crippen LogP contribution in [0.1, 0.15) is 25.0 Å². The number of aromatic nitrogens is 4. The van der Waals surface area contributed by atoms with Gasteiger partial charge in [0, 0.05) is 32.3 Å². The number of nitrogens with one attached hydrogen (secondary N) is 2. The first kappa shape index (κ1) is 20.1. The van der Waals surface area contributed by atoms with Crippen LogP contribution >= 0.6 is 0 Å². The van der Waals surface area contributed by atoms with Crippen molar-refractivity contribution in [3.05, 3.63) is 35.7 Å². The second-order valence-corrected chi connectivity index (χ2v) is 7.83. The standard InChI is InChI=1S/C21H27N7O2/c1-13(24-14(2)29)11-28-20-17(10-23-28)9-22-21(26-20)25-18-7-16-12-27(3)6-5-15(16)8-19(18)30-4/h7-10,13H,5-6,11-12H2,1-4H3,(H,24,29)(H,22,25,26). The molecule has 1 unspecified atom stereocenters. The van der Waals surface area contributed by atoms with Crippen LogP contribution in [0.25, 0.3) is 11.0 Å². The lowest BCUT2D eigenvalue weighted by atomic mass is 9.99. The van der Waals surface area contributed by atoms with Gasteiger partial charge in [-0.15, -0.1) is 0 Å². The lowest BCUT2D eigenvalue weighted by Crippen LogP contribution is -2.34. The molecule has 0 bridgehead atoms. The number of hydrogen-bond acceptors (Lipinski definition) is 7. The minimum atomic E-state index is -0.0684. The molecule has 0 fully saturated rings. The van der Waals surface area contributed by atoms with Crippen LogP contribution in [0.15, 0.2) is 24.5 Å². The first-order valence-corrected chi connectivity index (χ1v) is 10.0. The van der Waals surface area contributed by atoms with Crippen molar-refractivity contribution in [3.63, 3.8) is 0 Å². The summed E-state index contributed by atoms with van der Waals surface area (Å²) >= 11 is 0. The molecule has 9 nitrogen and oxygen atoms in total. The van der Waals surface area contributed by atoms with E-state index in [1.54, 1.807) is 24.2 Å². The number of nitrogens with zero attached hydrogens (tertiary/aromatic N) is 5.